The summed E-state index contributed by atoms with van der Waals surface area (Å²) in [6, 6.07) is 0. The molecule has 0 rings (SSSR count). The SMILES string of the molecule is C=CC(=O)OCCCCOC(=O)CCC(=O)OC(C)(C)C. The Morgan fingerprint density at radius 2 is 1.48 bits per heavy atom. The Labute approximate surface area is 125 Å². The fourth-order valence-electron chi connectivity index (χ4n) is 1.29. The van der Waals surface area contributed by atoms with Crippen molar-refractivity contribution >= 4 is 17.9 Å². The first-order valence-corrected chi connectivity index (χ1v) is 6.91. The Morgan fingerprint density at radius 1 is 0.952 bits per heavy atom. The maximum absolute atomic E-state index is 11.4. The van der Waals surface area contributed by atoms with E-state index in [1.807, 2.05) is 0 Å². The van der Waals surface area contributed by atoms with Crippen molar-refractivity contribution in [2.24, 2.45) is 0 Å². The molecule has 0 atom stereocenters. The van der Waals surface area contributed by atoms with Crippen molar-refractivity contribution in [1.29, 1.82) is 0 Å². The number of ether oxygens (including phenoxy) is 3. The molecular formula is C15H24O6. The topological polar surface area (TPSA) is 78.9 Å². The van der Waals surface area contributed by atoms with Gasteiger partial charge in [0, 0.05) is 6.08 Å². The van der Waals surface area contributed by atoms with Crippen LogP contribution in [0.15, 0.2) is 12.7 Å². The van der Waals surface area contributed by atoms with Crippen LogP contribution in [0.1, 0.15) is 46.5 Å². The van der Waals surface area contributed by atoms with Crippen LogP contribution in [-0.4, -0.2) is 36.7 Å². The van der Waals surface area contributed by atoms with Gasteiger partial charge >= 0.3 is 17.9 Å². The van der Waals surface area contributed by atoms with E-state index in [0.717, 1.165) is 6.08 Å². The van der Waals surface area contributed by atoms with E-state index in [-0.39, 0.29) is 26.1 Å². The van der Waals surface area contributed by atoms with Crippen molar-refractivity contribution in [3.05, 3.63) is 12.7 Å². The number of hydrogen-bond donors (Lipinski definition) is 0. The fraction of sp³-hybridized carbons (Fsp3) is 0.667. The molecule has 0 aliphatic rings. The predicted octanol–water partition coefficient (Wildman–Crippen LogP) is 2.16. The van der Waals surface area contributed by atoms with E-state index in [9.17, 15) is 14.4 Å². The molecule has 0 bridgehead atoms. The fourth-order valence-corrected chi connectivity index (χ4v) is 1.29. The minimum Gasteiger partial charge on any atom is -0.466 e. The Bertz CT molecular complexity index is 367. The highest BCUT2D eigenvalue weighted by Gasteiger charge is 2.17. The lowest BCUT2D eigenvalue weighted by Gasteiger charge is -2.19. The number of unbranched alkanes of at least 4 members (excludes halogenated alkanes) is 1. The summed E-state index contributed by atoms with van der Waals surface area (Å²) in [5.41, 5.74) is -0.552. The quantitative estimate of drug-likeness (QED) is 0.281. The lowest BCUT2D eigenvalue weighted by molar-refractivity contribution is -0.158. The first-order valence-electron chi connectivity index (χ1n) is 6.91. The van der Waals surface area contributed by atoms with E-state index >= 15 is 0 Å². The molecule has 0 unspecified atom stereocenters. The lowest BCUT2D eigenvalue weighted by atomic mass is 10.2. The standard InChI is InChI=1S/C15H24O6/c1-5-12(16)19-10-6-7-11-20-13(17)8-9-14(18)21-15(2,3)4/h5H,1,6-11H2,2-4H3. The smallest absolute Gasteiger partial charge is 0.330 e. The number of carbonyl (C=O) groups excluding carboxylic acids is 3. The zero-order valence-electron chi connectivity index (χ0n) is 13.0. The summed E-state index contributed by atoms with van der Waals surface area (Å²) in [5, 5.41) is 0. The Hall–Kier alpha value is -1.85. The highest BCUT2D eigenvalue weighted by atomic mass is 16.6. The first kappa shape index (κ1) is 19.1. The van der Waals surface area contributed by atoms with E-state index < -0.39 is 23.5 Å². The molecule has 6 nitrogen and oxygen atoms in total. The molecule has 0 spiro atoms. The highest BCUT2D eigenvalue weighted by Crippen LogP contribution is 2.09. The summed E-state index contributed by atoms with van der Waals surface area (Å²) in [7, 11) is 0. The molecule has 0 saturated heterocycles. The largest absolute Gasteiger partial charge is 0.466 e. The van der Waals surface area contributed by atoms with Gasteiger partial charge in [-0.1, -0.05) is 6.58 Å². The number of hydrogen-bond acceptors (Lipinski definition) is 6. The van der Waals surface area contributed by atoms with Crippen LogP contribution in [0.4, 0.5) is 0 Å². The van der Waals surface area contributed by atoms with Crippen molar-refractivity contribution in [3.63, 3.8) is 0 Å². The highest BCUT2D eigenvalue weighted by molar-refractivity contribution is 5.81. The second-order valence-corrected chi connectivity index (χ2v) is 5.39. The Balaban J connectivity index is 3.57. The Morgan fingerprint density at radius 3 is 2.00 bits per heavy atom. The van der Waals surface area contributed by atoms with Gasteiger partial charge in [0.25, 0.3) is 0 Å². The zero-order valence-corrected chi connectivity index (χ0v) is 13.0. The maximum atomic E-state index is 11.4. The Kier molecular flexibility index (Phi) is 9.08. The molecule has 0 amide bonds. The summed E-state index contributed by atoms with van der Waals surface area (Å²) < 4.78 is 14.8. The van der Waals surface area contributed by atoms with Crippen LogP contribution < -0.4 is 0 Å². The van der Waals surface area contributed by atoms with Gasteiger partial charge < -0.3 is 14.2 Å². The van der Waals surface area contributed by atoms with Gasteiger partial charge in [-0.3, -0.25) is 9.59 Å². The molecule has 21 heavy (non-hydrogen) atoms. The molecule has 0 aliphatic carbocycles. The maximum Gasteiger partial charge on any atom is 0.330 e. The average molecular weight is 300 g/mol. The molecule has 0 aliphatic heterocycles. The number of carbonyl (C=O) groups is 3. The van der Waals surface area contributed by atoms with Gasteiger partial charge in [-0.05, 0) is 33.6 Å². The van der Waals surface area contributed by atoms with Crippen LogP contribution in [0.25, 0.3) is 0 Å². The van der Waals surface area contributed by atoms with Crippen LogP contribution in [0.2, 0.25) is 0 Å². The second kappa shape index (κ2) is 9.96. The third kappa shape index (κ3) is 12.9. The van der Waals surface area contributed by atoms with Crippen LogP contribution in [0, 0.1) is 0 Å². The van der Waals surface area contributed by atoms with Crippen LogP contribution in [-0.2, 0) is 28.6 Å². The van der Waals surface area contributed by atoms with Gasteiger partial charge in [0.15, 0.2) is 0 Å². The summed E-state index contributed by atoms with van der Waals surface area (Å²) in [5.74, 6) is -1.33. The van der Waals surface area contributed by atoms with Crippen molar-refractivity contribution in [3.8, 4) is 0 Å². The molecule has 6 heteroatoms. The van der Waals surface area contributed by atoms with Gasteiger partial charge in [-0.15, -0.1) is 0 Å². The molecular weight excluding hydrogens is 276 g/mol. The van der Waals surface area contributed by atoms with Crippen LogP contribution in [0.3, 0.4) is 0 Å². The molecule has 0 aromatic carbocycles. The predicted molar refractivity (Wildman–Crippen MR) is 76.4 cm³/mol. The van der Waals surface area contributed by atoms with Crippen molar-refractivity contribution in [2.75, 3.05) is 13.2 Å². The molecule has 0 N–H and O–H groups in total. The van der Waals surface area contributed by atoms with Gasteiger partial charge in [-0.2, -0.15) is 0 Å². The molecule has 0 aromatic heterocycles. The molecule has 0 heterocycles. The van der Waals surface area contributed by atoms with Gasteiger partial charge in [-0.25, -0.2) is 4.79 Å². The molecule has 0 saturated carbocycles. The second-order valence-electron chi connectivity index (χ2n) is 5.39. The number of esters is 3. The van der Waals surface area contributed by atoms with Crippen molar-refractivity contribution in [1.82, 2.24) is 0 Å². The molecule has 120 valence electrons. The van der Waals surface area contributed by atoms with E-state index in [1.54, 1.807) is 20.8 Å². The lowest BCUT2D eigenvalue weighted by Crippen LogP contribution is -2.24. The van der Waals surface area contributed by atoms with E-state index in [1.165, 1.54) is 0 Å². The minimum atomic E-state index is -0.552. The molecule has 0 fully saturated rings. The summed E-state index contributed by atoms with van der Waals surface area (Å²) >= 11 is 0. The first-order chi connectivity index (χ1) is 9.74. The van der Waals surface area contributed by atoms with Gasteiger partial charge in [0.05, 0.1) is 26.1 Å². The van der Waals surface area contributed by atoms with Gasteiger partial charge in [0.1, 0.15) is 5.60 Å². The monoisotopic (exact) mass is 300 g/mol. The summed E-state index contributed by atoms with van der Waals surface area (Å²) in [6.07, 6.45) is 2.28. The zero-order chi connectivity index (χ0) is 16.3. The van der Waals surface area contributed by atoms with E-state index in [4.69, 9.17) is 14.2 Å². The number of rotatable bonds is 9. The van der Waals surface area contributed by atoms with Crippen molar-refractivity contribution < 1.29 is 28.6 Å². The molecule has 0 aromatic rings. The summed E-state index contributed by atoms with van der Waals surface area (Å²) in [6.45, 7) is 9.07. The normalized spacial score (nSPS) is 10.6. The van der Waals surface area contributed by atoms with E-state index in [2.05, 4.69) is 6.58 Å². The van der Waals surface area contributed by atoms with Gasteiger partial charge in [0.2, 0.25) is 0 Å². The average Bonchev–Trinajstić information content (AvgIpc) is 2.38. The third-order valence-corrected chi connectivity index (χ3v) is 2.17. The molecule has 0 radical (unpaired) electrons. The van der Waals surface area contributed by atoms with Crippen LogP contribution in [0.5, 0.6) is 0 Å². The minimum absolute atomic E-state index is 0.000361. The van der Waals surface area contributed by atoms with Crippen molar-refractivity contribution in [2.45, 2.75) is 52.1 Å². The van der Waals surface area contributed by atoms with Crippen LogP contribution >= 0.6 is 0 Å². The third-order valence-electron chi connectivity index (χ3n) is 2.17. The summed E-state index contributed by atoms with van der Waals surface area (Å²) in [4.78, 5) is 33.5. The van der Waals surface area contributed by atoms with E-state index in [0.29, 0.717) is 12.8 Å².